The fraction of sp³-hybridized carbons (Fsp3) is 0.0625. The van der Waals surface area contributed by atoms with E-state index in [-0.39, 0.29) is 0 Å². The molecular weight excluding hydrogens is 192 g/mol. The molecule has 0 aliphatic heterocycles. The van der Waals surface area contributed by atoms with Gasteiger partial charge in [-0.1, -0.05) is 49.4 Å². The Hall–Kier alpha value is -1.82. The van der Waals surface area contributed by atoms with Gasteiger partial charge in [-0.25, -0.2) is 0 Å². The highest BCUT2D eigenvalue weighted by Gasteiger charge is 1.98. The first-order valence-electron chi connectivity index (χ1n) is 5.59. The molecule has 3 aromatic carbocycles. The fourth-order valence-electron chi connectivity index (χ4n) is 2.14. The van der Waals surface area contributed by atoms with Gasteiger partial charge in [0, 0.05) is 0 Å². The Morgan fingerprint density at radius 3 is 2.00 bits per heavy atom. The van der Waals surface area contributed by atoms with Crippen molar-refractivity contribution >= 4 is 21.5 Å². The maximum absolute atomic E-state index is 2.26. The first-order valence-corrected chi connectivity index (χ1v) is 5.59. The van der Waals surface area contributed by atoms with Crippen LogP contribution in [0, 0.1) is 6.42 Å². The summed E-state index contributed by atoms with van der Waals surface area (Å²) in [5, 5.41) is 5.24. The minimum atomic E-state index is 1.28. The molecule has 0 saturated carbocycles. The molecule has 0 spiro atoms. The summed E-state index contributed by atoms with van der Waals surface area (Å²) in [6.07, 6.45) is 2.13. The van der Waals surface area contributed by atoms with E-state index < -0.39 is 0 Å². The van der Waals surface area contributed by atoms with Crippen LogP contribution in [-0.2, 0) is 0 Å². The van der Waals surface area contributed by atoms with Gasteiger partial charge in [0.05, 0.1) is 0 Å². The summed E-state index contributed by atoms with van der Waals surface area (Å²) in [6, 6.07) is 19.6. The van der Waals surface area contributed by atoms with Crippen molar-refractivity contribution in [3.63, 3.8) is 0 Å². The highest BCUT2D eigenvalue weighted by molar-refractivity contribution is 5.98. The van der Waals surface area contributed by atoms with Crippen LogP contribution in [0.3, 0.4) is 0 Å². The Balaban J connectivity index is 2.37. The van der Waals surface area contributed by atoms with Gasteiger partial charge < -0.3 is 0 Å². The van der Waals surface area contributed by atoms with Crippen LogP contribution in [0.15, 0.2) is 54.6 Å². The minimum absolute atomic E-state index is 1.28. The molecule has 0 nitrogen and oxygen atoms in total. The van der Waals surface area contributed by atoms with Crippen LogP contribution < -0.4 is 0 Å². The Morgan fingerprint density at radius 2 is 1.31 bits per heavy atom. The van der Waals surface area contributed by atoms with Gasteiger partial charge in [-0.05, 0) is 45.7 Å². The molecule has 0 aliphatic carbocycles. The fourth-order valence-corrected chi connectivity index (χ4v) is 2.14. The van der Waals surface area contributed by atoms with Crippen molar-refractivity contribution in [1.29, 1.82) is 0 Å². The van der Waals surface area contributed by atoms with Crippen molar-refractivity contribution in [1.82, 2.24) is 0 Å². The second kappa shape index (κ2) is 3.64. The molecule has 0 atom stereocenters. The Kier molecular flexibility index (Phi) is 2.14. The molecule has 0 N–H and O–H groups in total. The molecule has 0 unspecified atom stereocenters. The SMILES string of the molecule is C[CH]c1ccc2cc3ccccc3cc2c1. The predicted octanol–water partition coefficient (Wildman–Crippen LogP) is 4.57. The minimum Gasteiger partial charge on any atom is -0.0616 e. The summed E-state index contributed by atoms with van der Waals surface area (Å²) >= 11 is 0. The second-order valence-corrected chi connectivity index (χ2v) is 4.09. The van der Waals surface area contributed by atoms with Gasteiger partial charge in [0.2, 0.25) is 0 Å². The van der Waals surface area contributed by atoms with Crippen molar-refractivity contribution < 1.29 is 0 Å². The third-order valence-electron chi connectivity index (χ3n) is 3.06. The van der Waals surface area contributed by atoms with E-state index in [1.165, 1.54) is 27.1 Å². The van der Waals surface area contributed by atoms with E-state index in [0.717, 1.165) is 0 Å². The van der Waals surface area contributed by atoms with Crippen LogP contribution in [0.2, 0.25) is 0 Å². The molecule has 77 valence electrons. The molecule has 0 aromatic heterocycles. The Bertz CT molecular complexity index is 650. The Morgan fingerprint density at radius 1 is 0.688 bits per heavy atom. The molecule has 0 heteroatoms. The summed E-state index contributed by atoms with van der Waals surface area (Å²) in [5.74, 6) is 0. The van der Waals surface area contributed by atoms with E-state index in [2.05, 4.69) is 67.9 Å². The molecule has 0 aliphatic rings. The van der Waals surface area contributed by atoms with Crippen LogP contribution >= 0.6 is 0 Å². The van der Waals surface area contributed by atoms with E-state index in [1.807, 2.05) is 0 Å². The van der Waals surface area contributed by atoms with E-state index in [9.17, 15) is 0 Å². The maximum atomic E-state index is 2.26. The zero-order chi connectivity index (χ0) is 11.0. The molecule has 16 heavy (non-hydrogen) atoms. The third kappa shape index (κ3) is 1.47. The van der Waals surface area contributed by atoms with Crippen LogP contribution in [0.4, 0.5) is 0 Å². The van der Waals surface area contributed by atoms with Crippen molar-refractivity contribution in [2.24, 2.45) is 0 Å². The van der Waals surface area contributed by atoms with Crippen LogP contribution in [0.1, 0.15) is 12.5 Å². The summed E-state index contributed by atoms with van der Waals surface area (Å²) in [6.45, 7) is 2.07. The van der Waals surface area contributed by atoms with Gasteiger partial charge in [-0.2, -0.15) is 0 Å². The molecule has 3 rings (SSSR count). The van der Waals surface area contributed by atoms with Crippen molar-refractivity contribution in [3.05, 3.63) is 66.6 Å². The van der Waals surface area contributed by atoms with E-state index >= 15 is 0 Å². The largest absolute Gasteiger partial charge is 0.0616 e. The highest BCUT2D eigenvalue weighted by atomic mass is 14.0. The number of hydrogen-bond donors (Lipinski definition) is 0. The first kappa shape index (κ1) is 9.41. The predicted molar refractivity (Wildman–Crippen MR) is 70.5 cm³/mol. The second-order valence-electron chi connectivity index (χ2n) is 4.09. The lowest BCUT2D eigenvalue weighted by molar-refractivity contribution is 1.44. The summed E-state index contributed by atoms with van der Waals surface area (Å²) in [7, 11) is 0. The van der Waals surface area contributed by atoms with Gasteiger partial charge in [0.1, 0.15) is 0 Å². The average molecular weight is 205 g/mol. The summed E-state index contributed by atoms with van der Waals surface area (Å²) in [5.41, 5.74) is 1.28. The van der Waals surface area contributed by atoms with Crippen molar-refractivity contribution in [2.45, 2.75) is 6.92 Å². The molecule has 0 fully saturated rings. The quantitative estimate of drug-likeness (QED) is 0.511. The topological polar surface area (TPSA) is 0 Å². The van der Waals surface area contributed by atoms with Gasteiger partial charge >= 0.3 is 0 Å². The lowest BCUT2D eigenvalue weighted by Crippen LogP contribution is -1.80. The standard InChI is InChI=1S/C16H13/c1-2-12-7-8-15-10-13-5-3-4-6-14(13)11-16(15)9-12/h2-11H,1H3. The zero-order valence-corrected chi connectivity index (χ0v) is 9.27. The van der Waals surface area contributed by atoms with Crippen LogP contribution in [0.25, 0.3) is 21.5 Å². The van der Waals surface area contributed by atoms with E-state index in [0.29, 0.717) is 0 Å². The lowest BCUT2D eigenvalue weighted by Gasteiger charge is -2.04. The molecule has 3 aromatic rings. The zero-order valence-electron chi connectivity index (χ0n) is 9.27. The molecular formula is C16H13. The Labute approximate surface area is 95.5 Å². The molecule has 0 bridgehead atoms. The van der Waals surface area contributed by atoms with Gasteiger partial charge in [-0.15, -0.1) is 0 Å². The van der Waals surface area contributed by atoms with Crippen molar-refractivity contribution in [2.75, 3.05) is 0 Å². The van der Waals surface area contributed by atoms with E-state index in [4.69, 9.17) is 0 Å². The highest BCUT2D eigenvalue weighted by Crippen LogP contribution is 2.23. The number of rotatable bonds is 1. The molecule has 0 amide bonds. The number of benzene rings is 3. The molecule has 0 saturated heterocycles. The first-order chi connectivity index (χ1) is 7.86. The maximum Gasteiger partial charge on any atom is -0.0124 e. The smallest absolute Gasteiger partial charge is 0.0124 e. The lowest BCUT2D eigenvalue weighted by atomic mass is 10.0. The molecule has 0 heterocycles. The summed E-state index contributed by atoms with van der Waals surface area (Å²) < 4.78 is 0. The van der Waals surface area contributed by atoms with Crippen molar-refractivity contribution in [3.8, 4) is 0 Å². The third-order valence-corrected chi connectivity index (χ3v) is 3.06. The molecule has 1 radical (unpaired) electrons. The van der Waals surface area contributed by atoms with Gasteiger partial charge in [0.25, 0.3) is 0 Å². The van der Waals surface area contributed by atoms with Crippen LogP contribution in [0.5, 0.6) is 0 Å². The summed E-state index contributed by atoms with van der Waals surface area (Å²) in [4.78, 5) is 0. The van der Waals surface area contributed by atoms with Gasteiger partial charge in [0.15, 0.2) is 0 Å². The monoisotopic (exact) mass is 205 g/mol. The normalized spacial score (nSPS) is 11.1. The van der Waals surface area contributed by atoms with Crippen LogP contribution in [-0.4, -0.2) is 0 Å². The average Bonchev–Trinajstić information content (AvgIpc) is 2.35. The number of fused-ring (bicyclic) bond motifs is 2. The van der Waals surface area contributed by atoms with Gasteiger partial charge in [-0.3, -0.25) is 0 Å². The van der Waals surface area contributed by atoms with E-state index in [1.54, 1.807) is 0 Å². The number of hydrogen-bond acceptors (Lipinski definition) is 0.